The molecule has 1 aromatic rings. The zero-order chi connectivity index (χ0) is 16.6. The topological polar surface area (TPSA) is 70.6 Å². The van der Waals surface area contributed by atoms with Gasteiger partial charge >= 0.3 is 0 Å². The van der Waals surface area contributed by atoms with E-state index >= 15 is 0 Å². The summed E-state index contributed by atoms with van der Waals surface area (Å²) in [5.74, 6) is -0.579. The van der Waals surface area contributed by atoms with Crippen LogP contribution in [0.25, 0.3) is 0 Å². The minimum absolute atomic E-state index is 0.0870. The van der Waals surface area contributed by atoms with Gasteiger partial charge < -0.3 is 10.6 Å². The van der Waals surface area contributed by atoms with Gasteiger partial charge in [-0.15, -0.1) is 0 Å². The minimum atomic E-state index is -2.97. The maximum absolute atomic E-state index is 13.8. The molecule has 5 nitrogen and oxygen atoms in total. The van der Waals surface area contributed by atoms with Crippen LogP contribution in [-0.2, 0) is 9.84 Å². The predicted molar refractivity (Wildman–Crippen MR) is 84.2 cm³/mol. The second-order valence-corrected chi connectivity index (χ2v) is 8.27. The Morgan fingerprint density at radius 1 is 1.26 bits per heavy atom. The van der Waals surface area contributed by atoms with Gasteiger partial charge in [0.05, 0.1) is 11.5 Å². The van der Waals surface area contributed by atoms with Crippen LogP contribution in [0.2, 0.25) is 0 Å². The fraction of sp³-hybridized carbons (Fsp3) is 0.533. The van der Waals surface area contributed by atoms with Crippen molar-refractivity contribution in [1.29, 1.82) is 0 Å². The third-order valence-electron chi connectivity index (χ3n) is 4.28. The van der Waals surface area contributed by atoms with E-state index in [9.17, 15) is 17.2 Å². The van der Waals surface area contributed by atoms with Gasteiger partial charge in [-0.2, -0.15) is 0 Å². The Kier molecular flexibility index (Phi) is 4.27. The van der Waals surface area contributed by atoms with Crippen molar-refractivity contribution in [2.24, 2.45) is 4.99 Å². The van der Waals surface area contributed by atoms with Crippen LogP contribution in [0.5, 0.6) is 0 Å². The molecule has 1 aliphatic carbocycles. The summed E-state index contributed by atoms with van der Waals surface area (Å²) in [6, 6.07) is 3.58. The van der Waals surface area contributed by atoms with Gasteiger partial charge in [-0.3, -0.25) is 4.99 Å². The van der Waals surface area contributed by atoms with Crippen LogP contribution in [0.1, 0.15) is 24.3 Å². The van der Waals surface area contributed by atoms with Crippen molar-refractivity contribution in [2.45, 2.75) is 30.8 Å². The molecule has 3 rings (SSSR count). The fourth-order valence-electron chi connectivity index (χ4n) is 2.99. The number of guanidine groups is 1. The monoisotopic (exact) mass is 343 g/mol. The molecule has 23 heavy (non-hydrogen) atoms. The SMILES string of the molecule is CN=C(NC1CCS(=O)(=O)C1)NC1CC1c1c(F)cccc1F. The molecule has 0 amide bonds. The summed E-state index contributed by atoms with van der Waals surface area (Å²) in [5, 5.41) is 6.17. The molecule has 126 valence electrons. The van der Waals surface area contributed by atoms with E-state index in [1.54, 1.807) is 7.05 Å². The Hall–Kier alpha value is -1.70. The number of rotatable bonds is 3. The van der Waals surface area contributed by atoms with E-state index in [2.05, 4.69) is 15.6 Å². The van der Waals surface area contributed by atoms with Crippen LogP contribution in [0, 0.1) is 11.6 Å². The highest BCUT2D eigenvalue weighted by Crippen LogP contribution is 2.43. The maximum atomic E-state index is 13.8. The van der Waals surface area contributed by atoms with E-state index in [0.717, 1.165) is 0 Å². The minimum Gasteiger partial charge on any atom is -0.353 e. The average Bonchev–Trinajstić information content (AvgIpc) is 3.13. The first kappa shape index (κ1) is 16.2. The van der Waals surface area contributed by atoms with Crippen LogP contribution in [0.3, 0.4) is 0 Å². The lowest BCUT2D eigenvalue weighted by atomic mass is 10.1. The van der Waals surface area contributed by atoms with E-state index < -0.39 is 21.5 Å². The zero-order valence-electron chi connectivity index (χ0n) is 12.7. The quantitative estimate of drug-likeness (QED) is 0.639. The number of nitrogens with zero attached hydrogens (tertiary/aromatic N) is 1. The van der Waals surface area contributed by atoms with Gasteiger partial charge in [0, 0.05) is 30.6 Å². The first-order valence-electron chi connectivity index (χ1n) is 7.54. The summed E-state index contributed by atoms with van der Waals surface area (Å²) < 4.78 is 50.5. The molecule has 3 atom stereocenters. The number of nitrogens with one attached hydrogen (secondary N) is 2. The third kappa shape index (κ3) is 3.63. The van der Waals surface area contributed by atoms with Crippen LogP contribution < -0.4 is 10.6 Å². The average molecular weight is 343 g/mol. The Labute approximate surface area is 134 Å². The molecule has 1 aliphatic heterocycles. The standard InChI is InChI=1S/C15H19F2N3O2S/c1-18-15(19-9-5-6-23(21,22)8-9)20-13-7-10(13)14-11(16)3-2-4-12(14)17/h2-4,9-10,13H,5-8H2,1H3,(H2,18,19,20). The first-order valence-corrected chi connectivity index (χ1v) is 9.36. The Morgan fingerprint density at radius 2 is 1.96 bits per heavy atom. The van der Waals surface area contributed by atoms with E-state index in [4.69, 9.17) is 0 Å². The summed E-state index contributed by atoms with van der Waals surface area (Å²) in [6.45, 7) is 0. The van der Waals surface area contributed by atoms with Crippen molar-refractivity contribution in [3.05, 3.63) is 35.4 Å². The first-order chi connectivity index (χ1) is 10.9. The van der Waals surface area contributed by atoms with E-state index in [0.29, 0.717) is 18.8 Å². The Balaban J connectivity index is 1.60. The van der Waals surface area contributed by atoms with Gasteiger partial charge in [0.2, 0.25) is 0 Å². The van der Waals surface area contributed by atoms with Crippen LogP contribution >= 0.6 is 0 Å². The highest BCUT2D eigenvalue weighted by molar-refractivity contribution is 7.91. The molecule has 8 heteroatoms. The van der Waals surface area contributed by atoms with E-state index in [-0.39, 0.29) is 35.1 Å². The molecular formula is C15H19F2N3O2S. The third-order valence-corrected chi connectivity index (χ3v) is 6.05. The van der Waals surface area contributed by atoms with E-state index in [1.807, 2.05) is 0 Å². The summed E-state index contributed by atoms with van der Waals surface area (Å²) >= 11 is 0. The number of sulfone groups is 1. The van der Waals surface area contributed by atoms with Gasteiger partial charge in [0.15, 0.2) is 15.8 Å². The molecule has 3 unspecified atom stereocenters. The molecule has 1 aromatic carbocycles. The van der Waals surface area contributed by atoms with Crippen molar-refractivity contribution >= 4 is 15.8 Å². The number of hydrogen-bond acceptors (Lipinski definition) is 3. The lowest BCUT2D eigenvalue weighted by molar-refractivity contribution is 0.553. The number of halogens is 2. The predicted octanol–water partition coefficient (Wildman–Crippen LogP) is 1.17. The van der Waals surface area contributed by atoms with Gasteiger partial charge in [0.25, 0.3) is 0 Å². The number of hydrogen-bond donors (Lipinski definition) is 2. The van der Waals surface area contributed by atoms with Crippen molar-refractivity contribution in [3.8, 4) is 0 Å². The Morgan fingerprint density at radius 3 is 2.52 bits per heavy atom. The van der Waals surface area contributed by atoms with Gasteiger partial charge in [0.1, 0.15) is 11.6 Å². The van der Waals surface area contributed by atoms with Crippen molar-refractivity contribution < 1.29 is 17.2 Å². The molecule has 1 saturated carbocycles. The summed E-state index contributed by atoms with van der Waals surface area (Å²) in [5.41, 5.74) is 0.101. The number of benzene rings is 1. The van der Waals surface area contributed by atoms with E-state index in [1.165, 1.54) is 18.2 Å². The fourth-order valence-corrected chi connectivity index (χ4v) is 4.66. The molecule has 0 spiro atoms. The molecule has 0 radical (unpaired) electrons. The molecule has 2 fully saturated rings. The van der Waals surface area contributed by atoms with Gasteiger partial charge in [-0.25, -0.2) is 17.2 Å². The zero-order valence-corrected chi connectivity index (χ0v) is 13.5. The van der Waals surface area contributed by atoms with Crippen LogP contribution in [-0.4, -0.2) is 45.0 Å². The molecular weight excluding hydrogens is 324 g/mol. The van der Waals surface area contributed by atoms with Crippen LogP contribution in [0.15, 0.2) is 23.2 Å². The lowest BCUT2D eigenvalue weighted by Crippen LogP contribution is -2.45. The smallest absolute Gasteiger partial charge is 0.191 e. The number of aliphatic imine (C=N–C) groups is 1. The summed E-state index contributed by atoms with van der Waals surface area (Å²) in [4.78, 5) is 4.06. The second-order valence-electron chi connectivity index (χ2n) is 6.04. The molecule has 0 bridgehead atoms. The van der Waals surface area contributed by atoms with Crippen LogP contribution in [0.4, 0.5) is 8.78 Å². The van der Waals surface area contributed by atoms with Gasteiger partial charge in [-0.1, -0.05) is 6.07 Å². The summed E-state index contributed by atoms with van der Waals surface area (Å²) in [7, 11) is -1.39. The molecule has 2 aliphatic rings. The molecule has 2 N–H and O–H groups in total. The van der Waals surface area contributed by atoms with Crippen molar-refractivity contribution in [2.75, 3.05) is 18.6 Å². The molecule has 1 saturated heterocycles. The highest BCUT2D eigenvalue weighted by atomic mass is 32.2. The summed E-state index contributed by atoms with van der Waals surface area (Å²) in [6.07, 6.45) is 1.15. The Bertz CT molecular complexity index is 716. The van der Waals surface area contributed by atoms with Crippen molar-refractivity contribution in [3.63, 3.8) is 0 Å². The maximum Gasteiger partial charge on any atom is 0.191 e. The lowest BCUT2D eigenvalue weighted by Gasteiger charge is -2.16. The second kappa shape index (κ2) is 6.07. The van der Waals surface area contributed by atoms with Crippen molar-refractivity contribution in [1.82, 2.24) is 10.6 Å². The largest absolute Gasteiger partial charge is 0.353 e. The molecule has 1 heterocycles. The highest BCUT2D eigenvalue weighted by Gasteiger charge is 2.42. The van der Waals surface area contributed by atoms with Gasteiger partial charge in [-0.05, 0) is 25.0 Å². The molecule has 0 aromatic heterocycles. The normalized spacial score (nSPS) is 29.3.